The fourth-order valence-corrected chi connectivity index (χ4v) is 1.57. The Morgan fingerprint density at radius 2 is 1.87 bits per heavy atom. The highest BCUT2D eigenvalue weighted by Gasteiger charge is 2.49. The lowest BCUT2D eigenvalue weighted by Gasteiger charge is -2.09. The van der Waals surface area contributed by atoms with Gasteiger partial charge in [-0.1, -0.05) is 6.42 Å². The van der Waals surface area contributed by atoms with Crippen molar-refractivity contribution in [2.75, 3.05) is 6.54 Å². The molecule has 0 atom stereocenters. The highest BCUT2D eigenvalue weighted by Crippen LogP contribution is 2.25. The minimum Gasteiger partial charge on any atom is -0.360 e. The van der Waals surface area contributed by atoms with E-state index in [1.807, 2.05) is 0 Å². The van der Waals surface area contributed by atoms with E-state index < -0.39 is 15.6 Å². The molecule has 0 unspecified atom stereocenters. The second kappa shape index (κ2) is 4.38. The molecule has 0 aliphatic carbocycles. The number of aliphatic imine (C=N–C) groups is 1. The van der Waals surface area contributed by atoms with E-state index in [0.717, 1.165) is 12.8 Å². The monoisotopic (exact) mass is 245 g/mol. The zero-order valence-electron chi connectivity index (χ0n) is 7.75. The molecule has 1 rings (SSSR count). The lowest BCUT2D eigenvalue weighted by Crippen LogP contribution is -2.28. The van der Waals surface area contributed by atoms with Gasteiger partial charge in [0.05, 0.1) is 0 Å². The van der Waals surface area contributed by atoms with Crippen molar-refractivity contribution in [1.29, 1.82) is 0 Å². The minimum atomic E-state index is -5.54. The molecule has 0 amide bonds. The Labute approximate surface area is 85.3 Å². The van der Waals surface area contributed by atoms with Gasteiger partial charge in [0.15, 0.2) is 0 Å². The summed E-state index contributed by atoms with van der Waals surface area (Å²) in [4.78, 5) is 3.64. The Balaban J connectivity index is 2.73. The Morgan fingerprint density at radius 1 is 1.20 bits per heavy atom. The molecule has 1 aliphatic heterocycles. The molecule has 4 nitrogen and oxygen atoms in total. The van der Waals surface area contributed by atoms with Gasteiger partial charge in [0, 0.05) is 13.0 Å². The van der Waals surface area contributed by atoms with Gasteiger partial charge in [-0.3, -0.25) is 4.99 Å². The van der Waals surface area contributed by atoms with E-state index >= 15 is 0 Å². The highest BCUT2D eigenvalue weighted by atomic mass is 32.2. The minimum absolute atomic E-state index is 0.134. The summed E-state index contributed by atoms with van der Waals surface area (Å²) in [5, 5.41) is 0. The molecule has 0 spiro atoms. The first kappa shape index (κ1) is 12.3. The van der Waals surface area contributed by atoms with Crippen LogP contribution in [0.1, 0.15) is 25.7 Å². The van der Waals surface area contributed by atoms with Crippen molar-refractivity contribution in [2.45, 2.75) is 31.2 Å². The standard InChI is InChI=1S/C7H10F3NO3S/c8-7(9,10)15(12,13)14-6-4-2-1-3-5-11-6/h1-5H2. The molecule has 8 heteroatoms. The zero-order chi connectivity index (χ0) is 11.5. The number of rotatable bonds is 1. The molecule has 0 aromatic heterocycles. The van der Waals surface area contributed by atoms with Crippen LogP contribution in [0.4, 0.5) is 13.2 Å². The second-order valence-corrected chi connectivity index (χ2v) is 4.61. The maximum Gasteiger partial charge on any atom is 0.534 e. The van der Waals surface area contributed by atoms with Crippen LogP contribution in [-0.2, 0) is 14.3 Å². The van der Waals surface area contributed by atoms with Gasteiger partial charge in [0.2, 0.25) is 5.90 Å². The van der Waals surface area contributed by atoms with Crippen molar-refractivity contribution in [1.82, 2.24) is 0 Å². The molecule has 0 saturated heterocycles. The Morgan fingerprint density at radius 3 is 2.47 bits per heavy atom. The van der Waals surface area contributed by atoms with Crippen LogP contribution in [0, 0.1) is 0 Å². The Hall–Kier alpha value is -0.790. The van der Waals surface area contributed by atoms with E-state index in [-0.39, 0.29) is 12.3 Å². The van der Waals surface area contributed by atoms with Gasteiger partial charge < -0.3 is 4.18 Å². The molecule has 1 heterocycles. The Bertz CT molecular complexity index is 347. The average Bonchev–Trinajstić information content (AvgIpc) is 2.30. The van der Waals surface area contributed by atoms with Crippen LogP contribution in [0.25, 0.3) is 0 Å². The van der Waals surface area contributed by atoms with E-state index in [1.165, 1.54) is 0 Å². The molecule has 0 aromatic rings. The summed E-state index contributed by atoms with van der Waals surface area (Å²) in [6.07, 6.45) is 2.27. The van der Waals surface area contributed by atoms with E-state index in [1.54, 1.807) is 0 Å². The number of halogens is 3. The zero-order valence-corrected chi connectivity index (χ0v) is 8.57. The van der Waals surface area contributed by atoms with Crippen LogP contribution in [0.15, 0.2) is 4.99 Å². The van der Waals surface area contributed by atoms with Crippen LogP contribution < -0.4 is 0 Å². The third-order valence-corrected chi connectivity index (χ3v) is 2.81. The van der Waals surface area contributed by atoms with E-state index in [4.69, 9.17) is 0 Å². The molecule has 0 bridgehead atoms. The van der Waals surface area contributed by atoms with Crippen LogP contribution in [0.3, 0.4) is 0 Å². The molecular formula is C7H10F3NO3S. The number of nitrogens with zero attached hydrogens (tertiary/aromatic N) is 1. The fourth-order valence-electron chi connectivity index (χ4n) is 1.09. The number of alkyl halides is 3. The topological polar surface area (TPSA) is 55.7 Å². The first-order chi connectivity index (χ1) is 6.83. The van der Waals surface area contributed by atoms with Gasteiger partial charge in [-0.2, -0.15) is 21.6 Å². The highest BCUT2D eigenvalue weighted by molar-refractivity contribution is 7.88. The van der Waals surface area contributed by atoms with Crippen molar-refractivity contribution >= 4 is 16.0 Å². The number of hydrogen-bond donors (Lipinski definition) is 0. The third-order valence-electron chi connectivity index (χ3n) is 1.83. The van der Waals surface area contributed by atoms with E-state index in [2.05, 4.69) is 9.18 Å². The first-order valence-corrected chi connectivity index (χ1v) is 5.78. The molecule has 88 valence electrons. The predicted molar refractivity (Wildman–Crippen MR) is 46.8 cm³/mol. The summed E-state index contributed by atoms with van der Waals surface area (Å²) in [7, 11) is -5.54. The average molecular weight is 245 g/mol. The maximum absolute atomic E-state index is 11.9. The maximum atomic E-state index is 11.9. The second-order valence-electron chi connectivity index (χ2n) is 3.07. The quantitative estimate of drug-likeness (QED) is 0.523. The SMILES string of the molecule is O=S(=O)(OC1=NCCCCC1)C(F)(F)F. The summed E-state index contributed by atoms with van der Waals surface area (Å²) in [6, 6.07) is 0. The van der Waals surface area contributed by atoms with Crippen LogP contribution in [0.5, 0.6) is 0 Å². The van der Waals surface area contributed by atoms with Crippen LogP contribution in [-0.4, -0.2) is 26.4 Å². The molecule has 0 aromatic carbocycles. The molecule has 0 radical (unpaired) electrons. The van der Waals surface area contributed by atoms with Crippen LogP contribution in [0.2, 0.25) is 0 Å². The number of hydrogen-bond acceptors (Lipinski definition) is 4. The van der Waals surface area contributed by atoms with Crippen molar-refractivity contribution in [2.24, 2.45) is 4.99 Å². The molecule has 0 fully saturated rings. The summed E-state index contributed by atoms with van der Waals surface area (Å²) >= 11 is 0. The van der Waals surface area contributed by atoms with E-state index in [0.29, 0.717) is 13.0 Å². The summed E-state index contributed by atoms with van der Waals surface area (Å²) in [5.41, 5.74) is -5.39. The Kier molecular flexibility index (Phi) is 3.58. The van der Waals surface area contributed by atoms with Crippen molar-refractivity contribution in [3.05, 3.63) is 0 Å². The van der Waals surface area contributed by atoms with Gasteiger partial charge in [-0.15, -0.1) is 0 Å². The fraction of sp³-hybridized carbons (Fsp3) is 0.857. The molecular weight excluding hydrogens is 235 g/mol. The summed E-state index contributed by atoms with van der Waals surface area (Å²) < 4.78 is 60.9. The van der Waals surface area contributed by atoms with Crippen molar-refractivity contribution in [3.63, 3.8) is 0 Å². The molecule has 0 saturated carbocycles. The molecule has 15 heavy (non-hydrogen) atoms. The lowest BCUT2D eigenvalue weighted by molar-refractivity contribution is -0.0505. The van der Waals surface area contributed by atoms with Crippen molar-refractivity contribution in [3.8, 4) is 0 Å². The summed E-state index contributed by atoms with van der Waals surface area (Å²) in [5.74, 6) is -0.343. The van der Waals surface area contributed by atoms with Gasteiger partial charge in [-0.25, -0.2) is 0 Å². The van der Waals surface area contributed by atoms with Gasteiger partial charge in [0.25, 0.3) is 0 Å². The van der Waals surface area contributed by atoms with Gasteiger partial charge >= 0.3 is 15.6 Å². The van der Waals surface area contributed by atoms with Crippen molar-refractivity contribution < 1.29 is 25.8 Å². The van der Waals surface area contributed by atoms with Gasteiger partial charge in [-0.05, 0) is 12.8 Å². The first-order valence-electron chi connectivity index (χ1n) is 4.37. The smallest absolute Gasteiger partial charge is 0.360 e. The predicted octanol–water partition coefficient (Wildman–Crippen LogP) is 1.83. The van der Waals surface area contributed by atoms with Crippen LogP contribution >= 0.6 is 0 Å². The molecule has 0 N–H and O–H groups in total. The largest absolute Gasteiger partial charge is 0.534 e. The lowest BCUT2D eigenvalue weighted by atomic mass is 10.2. The normalized spacial score (nSPS) is 19.3. The van der Waals surface area contributed by atoms with Gasteiger partial charge in [0.1, 0.15) is 0 Å². The van der Waals surface area contributed by atoms with E-state index in [9.17, 15) is 21.6 Å². The molecule has 1 aliphatic rings. The summed E-state index contributed by atoms with van der Waals surface area (Å²) in [6.45, 7) is 0.308. The third kappa shape index (κ3) is 3.37.